The van der Waals surface area contributed by atoms with E-state index in [9.17, 15) is 0 Å². The van der Waals surface area contributed by atoms with Gasteiger partial charge >= 0.3 is 0 Å². The third-order valence-corrected chi connectivity index (χ3v) is 6.15. The Bertz CT molecular complexity index is 1050. The van der Waals surface area contributed by atoms with E-state index in [4.69, 9.17) is 24.5 Å². The minimum atomic E-state index is 0.253. The van der Waals surface area contributed by atoms with Gasteiger partial charge in [0.25, 0.3) is 0 Å². The van der Waals surface area contributed by atoms with E-state index in [1.54, 1.807) is 0 Å². The molecule has 2 saturated heterocycles. The Morgan fingerprint density at radius 1 is 0.839 bits per heavy atom. The normalized spacial score (nSPS) is 19.3. The van der Waals surface area contributed by atoms with Crippen molar-refractivity contribution in [2.75, 3.05) is 36.0 Å². The summed E-state index contributed by atoms with van der Waals surface area (Å²) in [5.74, 6) is 2.63. The molecule has 2 fully saturated rings. The summed E-state index contributed by atoms with van der Waals surface area (Å²) >= 11 is 0. The smallest absolute Gasteiger partial charge is 0.225 e. The molecule has 2 aliphatic heterocycles. The van der Waals surface area contributed by atoms with Crippen molar-refractivity contribution in [3.63, 3.8) is 0 Å². The second kappa shape index (κ2) is 8.24. The van der Waals surface area contributed by atoms with Crippen molar-refractivity contribution in [2.24, 2.45) is 0 Å². The Morgan fingerprint density at radius 2 is 1.58 bits per heavy atom. The average Bonchev–Trinajstić information content (AvgIpc) is 3.45. The maximum absolute atomic E-state index is 5.61. The summed E-state index contributed by atoms with van der Waals surface area (Å²) in [6.07, 6.45) is 6.45. The molecule has 1 unspecified atom stereocenters. The van der Waals surface area contributed by atoms with Crippen LogP contribution in [0.5, 0.6) is 0 Å². The van der Waals surface area contributed by atoms with E-state index in [1.807, 2.05) is 39.1 Å². The van der Waals surface area contributed by atoms with Crippen LogP contribution in [0.25, 0.3) is 11.3 Å². The molecule has 0 bridgehead atoms. The summed E-state index contributed by atoms with van der Waals surface area (Å²) in [6, 6.07) is 3.98. The predicted molar refractivity (Wildman–Crippen MR) is 119 cm³/mol. The molecule has 3 aromatic heterocycles. The fraction of sp³-hybridized carbons (Fsp3) is 0.522. The highest BCUT2D eigenvalue weighted by atomic mass is 16.5. The largest absolute Gasteiger partial charge is 0.356 e. The monoisotopic (exact) mass is 419 g/mol. The van der Waals surface area contributed by atoms with Crippen LogP contribution in [0.1, 0.15) is 54.4 Å². The topological polar surface area (TPSA) is 84.1 Å². The van der Waals surface area contributed by atoms with Crippen LogP contribution in [0.4, 0.5) is 11.9 Å². The number of hydrogen-bond acceptors (Lipinski definition) is 8. The Kier molecular flexibility index (Phi) is 5.29. The molecule has 8 nitrogen and oxygen atoms in total. The second-order valence-corrected chi connectivity index (χ2v) is 8.73. The summed E-state index contributed by atoms with van der Waals surface area (Å²) < 4.78 is 5.61. The third kappa shape index (κ3) is 4.11. The Labute approximate surface area is 182 Å². The van der Waals surface area contributed by atoms with Crippen molar-refractivity contribution in [1.29, 1.82) is 0 Å². The van der Waals surface area contributed by atoms with E-state index < -0.39 is 0 Å². The van der Waals surface area contributed by atoms with Crippen LogP contribution in [0.3, 0.4) is 0 Å². The maximum atomic E-state index is 5.61. The highest BCUT2D eigenvalue weighted by Crippen LogP contribution is 2.35. The van der Waals surface area contributed by atoms with Gasteiger partial charge in [-0.1, -0.05) is 5.16 Å². The maximum Gasteiger partial charge on any atom is 0.225 e. The van der Waals surface area contributed by atoms with Gasteiger partial charge in [0.05, 0.1) is 17.0 Å². The number of nitrogens with zero attached hydrogens (tertiary/aromatic N) is 7. The van der Waals surface area contributed by atoms with E-state index in [0.717, 1.165) is 85.0 Å². The highest BCUT2D eigenvalue weighted by Gasteiger charge is 2.29. The molecule has 0 saturated carbocycles. The quantitative estimate of drug-likeness (QED) is 0.631. The lowest BCUT2D eigenvalue weighted by atomic mass is 9.91. The van der Waals surface area contributed by atoms with Gasteiger partial charge < -0.3 is 14.3 Å². The van der Waals surface area contributed by atoms with Gasteiger partial charge in [0.2, 0.25) is 11.9 Å². The lowest BCUT2D eigenvalue weighted by Crippen LogP contribution is -2.36. The fourth-order valence-corrected chi connectivity index (χ4v) is 4.68. The molecular formula is C23H29N7O. The van der Waals surface area contributed by atoms with Crippen molar-refractivity contribution in [3.05, 3.63) is 41.1 Å². The number of rotatable bonds is 4. The van der Waals surface area contributed by atoms with E-state index in [2.05, 4.69) is 15.0 Å². The summed E-state index contributed by atoms with van der Waals surface area (Å²) in [6.45, 7) is 9.82. The molecule has 0 spiro atoms. The van der Waals surface area contributed by atoms with Crippen molar-refractivity contribution in [3.8, 4) is 11.3 Å². The van der Waals surface area contributed by atoms with Crippen molar-refractivity contribution < 1.29 is 4.52 Å². The first-order valence-corrected chi connectivity index (χ1v) is 11.2. The van der Waals surface area contributed by atoms with E-state index in [1.165, 1.54) is 12.8 Å². The van der Waals surface area contributed by atoms with Gasteiger partial charge in [-0.15, -0.1) is 0 Å². The minimum absolute atomic E-state index is 0.253. The lowest BCUT2D eigenvalue weighted by molar-refractivity contribution is 0.425. The summed E-state index contributed by atoms with van der Waals surface area (Å²) in [4.78, 5) is 23.7. The van der Waals surface area contributed by atoms with Gasteiger partial charge in [-0.25, -0.2) is 19.9 Å². The van der Waals surface area contributed by atoms with Gasteiger partial charge in [0.15, 0.2) is 5.76 Å². The summed E-state index contributed by atoms with van der Waals surface area (Å²) in [5, 5.41) is 4.09. The van der Waals surface area contributed by atoms with Crippen LogP contribution in [0, 0.1) is 20.8 Å². The second-order valence-electron chi connectivity index (χ2n) is 8.73. The van der Waals surface area contributed by atoms with E-state index in [0.29, 0.717) is 0 Å². The van der Waals surface area contributed by atoms with Crippen molar-refractivity contribution in [2.45, 2.75) is 52.4 Å². The Morgan fingerprint density at radius 3 is 2.29 bits per heavy atom. The number of hydrogen-bond donors (Lipinski definition) is 0. The summed E-state index contributed by atoms with van der Waals surface area (Å²) in [5.41, 5.74) is 4.85. The van der Waals surface area contributed by atoms with Crippen LogP contribution in [0.15, 0.2) is 22.9 Å². The lowest BCUT2D eigenvalue weighted by Gasteiger charge is -2.33. The number of piperidine rings is 1. The molecule has 0 aromatic carbocycles. The van der Waals surface area contributed by atoms with Gasteiger partial charge in [0.1, 0.15) is 0 Å². The summed E-state index contributed by atoms with van der Waals surface area (Å²) in [7, 11) is 0. The number of aromatic nitrogens is 5. The first kappa shape index (κ1) is 19.9. The molecule has 5 rings (SSSR count). The first-order chi connectivity index (χ1) is 15.1. The molecule has 0 amide bonds. The molecule has 31 heavy (non-hydrogen) atoms. The molecule has 3 aromatic rings. The Balaban J connectivity index is 1.51. The SMILES string of the molecule is Cc1cc(-c2cnc(N3CCCC3)nc2C2CCCN(c3nc(C)cc(C)n3)C2)on1. The molecule has 162 valence electrons. The molecule has 2 aliphatic rings. The zero-order valence-corrected chi connectivity index (χ0v) is 18.5. The van der Waals surface area contributed by atoms with E-state index >= 15 is 0 Å². The zero-order valence-electron chi connectivity index (χ0n) is 18.5. The molecule has 1 atom stereocenters. The molecule has 0 N–H and O–H groups in total. The highest BCUT2D eigenvalue weighted by molar-refractivity contribution is 5.62. The van der Waals surface area contributed by atoms with Gasteiger partial charge in [-0.2, -0.15) is 0 Å². The van der Waals surface area contributed by atoms with Crippen LogP contribution >= 0.6 is 0 Å². The van der Waals surface area contributed by atoms with Crippen molar-refractivity contribution in [1.82, 2.24) is 25.1 Å². The predicted octanol–water partition coefficient (Wildman–Crippen LogP) is 3.83. The molecule has 5 heterocycles. The standard InChI is InChI=1S/C23H29N7O/c1-15-11-16(2)26-23(25-15)30-10-6-7-18(14-30)21-19(20-12-17(3)28-31-20)13-24-22(27-21)29-8-4-5-9-29/h11-13,18H,4-10,14H2,1-3H3. The van der Waals surface area contributed by atoms with Gasteiger partial charge in [-0.3, -0.25) is 0 Å². The van der Waals surface area contributed by atoms with Crippen LogP contribution in [-0.4, -0.2) is 51.3 Å². The first-order valence-electron chi connectivity index (χ1n) is 11.2. The van der Waals surface area contributed by atoms with Crippen LogP contribution < -0.4 is 9.80 Å². The minimum Gasteiger partial charge on any atom is -0.356 e. The average molecular weight is 420 g/mol. The third-order valence-electron chi connectivity index (χ3n) is 6.15. The molecular weight excluding hydrogens is 390 g/mol. The van der Waals surface area contributed by atoms with Gasteiger partial charge in [0, 0.05) is 55.7 Å². The fourth-order valence-electron chi connectivity index (χ4n) is 4.68. The van der Waals surface area contributed by atoms with Crippen LogP contribution in [-0.2, 0) is 0 Å². The molecule has 0 radical (unpaired) electrons. The van der Waals surface area contributed by atoms with Gasteiger partial charge in [-0.05, 0) is 52.5 Å². The Hall–Kier alpha value is -3.03. The number of aryl methyl sites for hydroxylation is 3. The molecule has 0 aliphatic carbocycles. The molecule has 8 heteroatoms. The number of anilines is 2. The van der Waals surface area contributed by atoms with Crippen LogP contribution in [0.2, 0.25) is 0 Å². The van der Waals surface area contributed by atoms with E-state index in [-0.39, 0.29) is 5.92 Å². The zero-order chi connectivity index (χ0) is 21.4. The van der Waals surface area contributed by atoms with Crippen molar-refractivity contribution >= 4 is 11.9 Å².